The average Bonchev–Trinajstić information content (AvgIpc) is 2.98. The highest BCUT2D eigenvalue weighted by Gasteiger charge is 2.20. The van der Waals surface area contributed by atoms with Crippen LogP contribution < -0.4 is 15.5 Å². The molecule has 1 radical (unpaired) electrons. The maximum absolute atomic E-state index is 13.0. The number of hydrogen-bond donors (Lipinski definition) is 3. The maximum Gasteiger partial charge on any atom is 0.569 e. The second-order valence-corrected chi connectivity index (χ2v) is 11.2. The standard InChI is InChI=1S/C16H16FNO3.C10H12BrNO3.C6H5BFO2/c1-9(2)18-8-13(16(20)21)15(19)14(10(18)3)11-4-6-12(17)7-5-11;1-5(2)12-4-7(10(14)15)9(13)8(11)6(12)3;8-5-1-3-6(4-2-5)10-7-9/h4-9H,1-3H3,(H,20,21);4-5H,1-3H3,(H,14,15);1-4,9H. The van der Waals surface area contributed by atoms with Crippen molar-refractivity contribution in [1.82, 2.24) is 9.13 Å². The van der Waals surface area contributed by atoms with Crippen molar-refractivity contribution >= 4 is 35.6 Å². The second kappa shape index (κ2) is 16.7. The number of pyridine rings is 2. The number of nitrogens with zero attached hydrogens (tertiary/aromatic N) is 2. The van der Waals surface area contributed by atoms with Crippen LogP contribution in [0.3, 0.4) is 0 Å². The Morgan fingerprint density at radius 3 is 1.59 bits per heavy atom. The minimum absolute atomic E-state index is 0.00268. The summed E-state index contributed by atoms with van der Waals surface area (Å²) in [6.45, 7) is 11.2. The summed E-state index contributed by atoms with van der Waals surface area (Å²) in [7, 11) is 0.549. The molecule has 0 aliphatic carbocycles. The van der Waals surface area contributed by atoms with Crippen molar-refractivity contribution in [3.8, 4) is 16.9 Å². The van der Waals surface area contributed by atoms with E-state index in [0.717, 1.165) is 5.69 Å². The molecule has 46 heavy (non-hydrogen) atoms. The summed E-state index contributed by atoms with van der Waals surface area (Å²) >= 11 is 3.12. The monoisotopic (exact) mass is 701 g/mol. The van der Waals surface area contributed by atoms with Gasteiger partial charge in [-0.1, -0.05) is 12.1 Å². The molecule has 0 atom stereocenters. The van der Waals surface area contributed by atoms with E-state index in [1.165, 1.54) is 60.9 Å². The van der Waals surface area contributed by atoms with Crippen LogP contribution >= 0.6 is 15.9 Å². The molecule has 0 spiro atoms. The fourth-order valence-electron chi connectivity index (χ4n) is 4.32. The van der Waals surface area contributed by atoms with E-state index in [1.807, 2.05) is 27.7 Å². The molecule has 0 unspecified atom stereocenters. The van der Waals surface area contributed by atoms with Crippen LogP contribution in [0.1, 0.15) is 71.9 Å². The normalized spacial score (nSPS) is 10.4. The summed E-state index contributed by atoms with van der Waals surface area (Å²) in [6.07, 6.45) is 2.74. The van der Waals surface area contributed by atoms with Crippen molar-refractivity contribution < 1.29 is 38.3 Å². The van der Waals surface area contributed by atoms with Crippen LogP contribution in [0.4, 0.5) is 8.78 Å². The zero-order valence-corrected chi connectivity index (χ0v) is 27.5. The first-order valence-corrected chi connectivity index (χ1v) is 14.6. The summed E-state index contributed by atoms with van der Waals surface area (Å²) < 4.78 is 33.6. The summed E-state index contributed by atoms with van der Waals surface area (Å²) in [6, 6.07) is 10.9. The largest absolute Gasteiger partial charge is 0.569 e. The van der Waals surface area contributed by atoms with Crippen molar-refractivity contribution in [3.63, 3.8) is 0 Å². The van der Waals surface area contributed by atoms with Crippen molar-refractivity contribution in [2.75, 3.05) is 0 Å². The summed E-state index contributed by atoms with van der Waals surface area (Å²) in [4.78, 5) is 46.1. The van der Waals surface area contributed by atoms with Gasteiger partial charge in [-0.3, -0.25) is 9.59 Å². The molecule has 0 saturated carbocycles. The molecule has 243 valence electrons. The van der Waals surface area contributed by atoms with Gasteiger partial charge in [0, 0.05) is 41.4 Å². The molecular weight excluding hydrogens is 669 g/mol. The molecule has 0 aliphatic rings. The third kappa shape index (κ3) is 9.47. The fraction of sp³-hybridized carbons (Fsp3) is 0.250. The molecule has 2 aromatic heterocycles. The van der Waals surface area contributed by atoms with Gasteiger partial charge >= 0.3 is 19.6 Å². The lowest BCUT2D eigenvalue weighted by molar-refractivity contribution is 0.0683. The van der Waals surface area contributed by atoms with E-state index in [0.29, 0.717) is 34.7 Å². The van der Waals surface area contributed by atoms with Crippen LogP contribution in [-0.2, 0) is 0 Å². The number of rotatable bonds is 7. The molecule has 4 rings (SSSR count). The predicted octanol–water partition coefficient (Wildman–Crippen LogP) is 6.17. The van der Waals surface area contributed by atoms with Crippen LogP contribution in [0.25, 0.3) is 11.1 Å². The number of carbonyl (C=O) groups is 2. The first-order chi connectivity index (χ1) is 21.5. The minimum atomic E-state index is -1.27. The molecule has 10 nitrogen and oxygen atoms in total. The van der Waals surface area contributed by atoms with E-state index < -0.39 is 28.6 Å². The summed E-state index contributed by atoms with van der Waals surface area (Å²) in [5.74, 6) is -2.79. The van der Waals surface area contributed by atoms with Gasteiger partial charge in [0.05, 0.1) is 4.47 Å². The van der Waals surface area contributed by atoms with E-state index >= 15 is 0 Å². The molecule has 0 fully saturated rings. The summed E-state index contributed by atoms with van der Waals surface area (Å²) in [5, 5.41) is 26.2. The van der Waals surface area contributed by atoms with E-state index in [9.17, 15) is 33.1 Å². The van der Waals surface area contributed by atoms with Crippen LogP contribution in [0.5, 0.6) is 5.75 Å². The van der Waals surface area contributed by atoms with E-state index in [4.69, 9.17) is 10.1 Å². The quantitative estimate of drug-likeness (QED) is 0.194. The highest BCUT2D eigenvalue weighted by molar-refractivity contribution is 9.10. The highest BCUT2D eigenvalue weighted by atomic mass is 79.9. The molecule has 0 saturated heterocycles. The number of aromatic nitrogens is 2. The zero-order chi connectivity index (χ0) is 34.9. The van der Waals surface area contributed by atoms with Gasteiger partial charge in [0.2, 0.25) is 10.9 Å². The van der Waals surface area contributed by atoms with Crippen molar-refractivity contribution in [1.29, 1.82) is 0 Å². The number of halogens is 3. The van der Waals surface area contributed by atoms with Crippen LogP contribution in [0.2, 0.25) is 0 Å². The lowest BCUT2D eigenvalue weighted by atomic mass is 10.0. The first kappa shape index (κ1) is 37.6. The van der Waals surface area contributed by atoms with Gasteiger partial charge in [-0.25, -0.2) is 18.4 Å². The van der Waals surface area contributed by atoms with E-state index in [2.05, 4.69) is 20.6 Å². The Morgan fingerprint density at radius 2 is 1.17 bits per heavy atom. The third-order valence-corrected chi connectivity index (χ3v) is 7.55. The molecule has 3 N–H and O–H groups in total. The molecule has 2 aromatic carbocycles. The van der Waals surface area contributed by atoms with Crippen LogP contribution in [0.15, 0.2) is 75.0 Å². The van der Waals surface area contributed by atoms with Crippen LogP contribution in [0, 0.1) is 25.5 Å². The number of hydrogen-bond acceptors (Lipinski definition) is 6. The maximum atomic E-state index is 13.0. The third-order valence-electron chi connectivity index (χ3n) is 6.61. The Morgan fingerprint density at radius 1 is 0.761 bits per heavy atom. The molecular formula is C32H33BBrF2N2O8. The number of carboxylic acids is 2. The Bertz CT molecular complexity index is 1810. The lowest BCUT2D eigenvalue weighted by Crippen LogP contribution is -2.23. The zero-order valence-electron chi connectivity index (χ0n) is 25.9. The predicted molar refractivity (Wildman–Crippen MR) is 174 cm³/mol. The molecule has 0 amide bonds. The summed E-state index contributed by atoms with van der Waals surface area (Å²) in [5.41, 5.74) is 0.682. The first-order valence-electron chi connectivity index (χ1n) is 13.8. The van der Waals surface area contributed by atoms with Crippen LogP contribution in [-0.4, -0.2) is 44.0 Å². The SMILES string of the molecule is Cc1c(-c2ccc(F)cc2)c(=O)c(C(=O)O)cn1C(C)C.Cc1c(Br)c(=O)c(C(=O)O)cn1C(C)C.O[B]Oc1ccc(F)cc1. The van der Waals surface area contributed by atoms with Crippen molar-refractivity contribution in [2.24, 2.45) is 0 Å². The number of carboxylic acid groups (broad SMARTS) is 2. The van der Waals surface area contributed by atoms with Gasteiger partial charge in [-0.2, -0.15) is 0 Å². The van der Waals surface area contributed by atoms with Gasteiger partial charge in [-0.05, 0) is 99.4 Å². The smallest absolute Gasteiger partial charge is 0.537 e. The van der Waals surface area contributed by atoms with Crippen molar-refractivity contribution in [2.45, 2.75) is 53.6 Å². The topological polar surface area (TPSA) is 148 Å². The fourth-order valence-corrected chi connectivity index (χ4v) is 4.74. The van der Waals surface area contributed by atoms with Crippen molar-refractivity contribution in [3.05, 3.63) is 120 Å². The Hall–Kier alpha value is -4.56. The molecule has 14 heteroatoms. The van der Waals surface area contributed by atoms with Gasteiger partial charge in [0.15, 0.2) is 0 Å². The molecule has 0 aliphatic heterocycles. The second-order valence-electron chi connectivity index (χ2n) is 10.4. The van der Waals surface area contributed by atoms with Gasteiger partial charge in [0.25, 0.3) is 0 Å². The average molecular weight is 702 g/mol. The highest BCUT2D eigenvalue weighted by Crippen LogP contribution is 2.23. The number of benzene rings is 2. The molecule has 2 heterocycles. The Labute approximate surface area is 273 Å². The number of aromatic carboxylic acids is 2. The molecule has 4 aromatic rings. The van der Waals surface area contributed by atoms with Gasteiger partial charge < -0.3 is 29.0 Å². The molecule has 0 bridgehead atoms. The Kier molecular flexibility index (Phi) is 13.6. The lowest BCUT2D eigenvalue weighted by Gasteiger charge is -2.19. The van der Waals surface area contributed by atoms with E-state index in [-0.39, 0.29) is 29.0 Å². The van der Waals surface area contributed by atoms with Gasteiger partial charge in [0.1, 0.15) is 28.5 Å². The van der Waals surface area contributed by atoms with E-state index in [1.54, 1.807) is 23.0 Å². The minimum Gasteiger partial charge on any atom is -0.537 e. The van der Waals surface area contributed by atoms with Gasteiger partial charge in [-0.15, -0.1) is 0 Å². The Balaban J connectivity index is 0.000000257.